The molecule has 0 aliphatic carbocycles. The Kier molecular flexibility index (Phi) is 4.66. The predicted octanol–water partition coefficient (Wildman–Crippen LogP) is 2.82. The Morgan fingerprint density at radius 2 is 2.11 bits per heavy atom. The van der Waals surface area contributed by atoms with E-state index in [4.69, 9.17) is 5.11 Å². The highest BCUT2D eigenvalue weighted by Crippen LogP contribution is 2.29. The van der Waals surface area contributed by atoms with Crippen LogP contribution in [0.1, 0.15) is 31.1 Å². The van der Waals surface area contributed by atoms with Crippen molar-refractivity contribution in [3.05, 3.63) is 27.9 Å². The first kappa shape index (κ1) is 14.4. The second kappa shape index (κ2) is 5.81. The molecule has 1 atom stereocenters. The van der Waals surface area contributed by atoms with Gasteiger partial charge in [0.15, 0.2) is 0 Å². The van der Waals surface area contributed by atoms with E-state index >= 15 is 0 Å². The van der Waals surface area contributed by atoms with Crippen LogP contribution in [0.15, 0.2) is 17.3 Å². The summed E-state index contributed by atoms with van der Waals surface area (Å²) in [4.78, 5) is 24.8. The minimum atomic E-state index is -1.32. The van der Waals surface area contributed by atoms with Gasteiger partial charge < -0.3 is 5.11 Å². The summed E-state index contributed by atoms with van der Waals surface area (Å²) >= 11 is 1.41. The van der Waals surface area contributed by atoms with Gasteiger partial charge in [0.25, 0.3) is 0 Å². The number of aromatic carboxylic acids is 1. The van der Waals surface area contributed by atoms with E-state index in [2.05, 4.69) is 4.98 Å². The fourth-order valence-corrected chi connectivity index (χ4v) is 2.09. The van der Waals surface area contributed by atoms with Gasteiger partial charge in [-0.1, -0.05) is 20.8 Å². The average Bonchev–Trinajstić information content (AvgIpc) is 2.28. The molecule has 7 heteroatoms. The van der Waals surface area contributed by atoms with Crippen molar-refractivity contribution < 1.29 is 14.8 Å². The second-order valence-electron chi connectivity index (χ2n) is 4.17. The molecule has 0 aliphatic heterocycles. The standard InChI is InChI=1S/C11H14N2O4S/c1-6(2)7(3)18-10-4-8(11(14)15)9(5-12-10)13(16)17/h4-7H,1-3H3,(H,14,15). The summed E-state index contributed by atoms with van der Waals surface area (Å²) in [7, 11) is 0. The number of carboxylic acids is 1. The largest absolute Gasteiger partial charge is 0.477 e. The number of pyridine rings is 1. The number of thioether (sulfide) groups is 1. The topological polar surface area (TPSA) is 93.3 Å². The van der Waals surface area contributed by atoms with Crippen LogP contribution in [0.2, 0.25) is 0 Å². The molecule has 1 N–H and O–H groups in total. The molecule has 6 nitrogen and oxygen atoms in total. The Labute approximate surface area is 109 Å². The van der Waals surface area contributed by atoms with E-state index in [0.29, 0.717) is 10.9 Å². The molecule has 1 aromatic rings. The van der Waals surface area contributed by atoms with Gasteiger partial charge in [-0.05, 0) is 12.0 Å². The molecule has 0 bridgehead atoms. The van der Waals surface area contributed by atoms with Gasteiger partial charge in [-0.3, -0.25) is 10.1 Å². The molecule has 1 unspecified atom stereocenters. The van der Waals surface area contributed by atoms with Crippen molar-refractivity contribution in [2.75, 3.05) is 0 Å². The van der Waals surface area contributed by atoms with Crippen molar-refractivity contribution in [2.24, 2.45) is 5.92 Å². The number of aromatic nitrogens is 1. The fourth-order valence-electron chi connectivity index (χ4n) is 1.14. The van der Waals surface area contributed by atoms with Crippen LogP contribution < -0.4 is 0 Å². The number of rotatable bonds is 5. The van der Waals surface area contributed by atoms with Gasteiger partial charge in [0.2, 0.25) is 0 Å². The van der Waals surface area contributed by atoms with E-state index in [-0.39, 0.29) is 10.8 Å². The average molecular weight is 270 g/mol. The summed E-state index contributed by atoms with van der Waals surface area (Å²) in [6.07, 6.45) is 0.999. The highest BCUT2D eigenvalue weighted by molar-refractivity contribution is 7.99. The first-order valence-corrected chi connectivity index (χ1v) is 6.25. The summed E-state index contributed by atoms with van der Waals surface area (Å²) in [5.74, 6) is -0.913. The van der Waals surface area contributed by atoms with Crippen molar-refractivity contribution in [3.8, 4) is 0 Å². The molecule has 18 heavy (non-hydrogen) atoms. The maximum absolute atomic E-state index is 11.0. The van der Waals surface area contributed by atoms with Crippen LogP contribution in [0.4, 0.5) is 5.69 Å². The van der Waals surface area contributed by atoms with Crippen LogP contribution in [0.5, 0.6) is 0 Å². The summed E-state index contributed by atoms with van der Waals surface area (Å²) in [6.45, 7) is 6.08. The third-order valence-corrected chi connectivity index (χ3v) is 3.91. The van der Waals surface area contributed by atoms with E-state index < -0.39 is 16.6 Å². The van der Waals surface area contributed by atoms with Gasteiger partial charge in [-0.25, -0.2) is 9.78 Å². The lowest BCUT2D eigenvalue weighted by Gasteiger charge is -2.14. The fraction of sp³-hybridized carbons (Fsp3) is 0.455. The number of carboxylic acid groups (broad SMARTS) is 1. The van der Waals surface area contributed by atoms with E-state index in [9.17, 15) is 14.9 Å². The van der Waals surface area contributed by atoms with E-state index in [1.54, 1.807) is 0 Å². The van der Waals surface area contributed by atoms with Gasteiger partial charge >= 0.3 is 11.7 Å². The van der Waals surface area contributed by atoms with E-state index in [1.165, 1.54) is 17.8 Å². The van der Waals surface area contributed by atoms with Crippen LogP contribution in [0.3, 0.4) is 0 Å². The first-order valence-electron chi connectivity index (χ1n) is 5.37. The highest BCUT2D eigenvalue weighted by atomic mass is 32.2. The Hall–Kier alpha value is -1.63. The lowest BCUT2D eigenvalue weighted by Crippen LogP contribution is -2.08. The number of carbonyl (C=O) groups is 1. The zero-order valence-corrected chi connectivity index (χ0v) is 11.1. The Balaban J connectivity index is 3.08. The number of nitro groups is 1. The van der Waals surface area contributed by atoms with Gasteiger partial charge in [-0.15, -0.1) is 11.8 Å². The molecule has 1 rings (SSSR count). The monoisotopic (exact) mass is 270 g/mol. The molecule has 0 aliphatic rings. The van der Waals surface area contributed by atoms with Gasteiger partial charge in [0.05, 0.1) is 9.95 Å². The van der Waals surface area contributed by atoms with Crippen molar-refractivity contribution in [3.63, 3.8) is 0 Å². The van der Waals surface area contributed by atoms with Crippen molar-refractivity contribution in [1.82, 2.24) is 4.98 Å². The molecule has 0 amide bonds. The van der Waals surface area contributed by atoms with Gasteiger partial charge in [-0.2, -0.15) is 0 Å². The Morgan fingerprint density at radius 3 is 2.56 bits per heavy atom. The number of nitrogens with zero attached hydrogens (tertiary/aromatic N) is 2. The van der Waals surface area contributed by atoms with Gasteiger partial charge in [0.1, 0.15) is 11.8 Å². The molecular weight excluding hydrogens is 256 g/mol. The third-order valence-electron chi connectivity index (χ3n) is 2.53. The Bertz CT molecular complexity index is 476. The van der Waals surface area contributed by atoms with Crippen LogP contribution in [0.25, 0.3) is 0 Å². The quantitative estimate of drug-likeness (QED) is 0.502. The lowest BCUT2D eigenvalue weighted by atomic mass is 10.2. The van der Waals surface area contributed by atoms with E-state index in [0.717, 1.165) is 6.20 Å². The normalized spacial score (nSPS) is 12.4. The molecule has 0 saturated heterocycles. The van der Waals surface area contributed by atoms with Crippen molar-refractivity contribution in [2.45, 2.75) is 31.0 Å². The number of hydrogen-bond acceptors (Lipinski definition) is 5. The van der Waals surface area contributed by atoms with Crippen molar-refractivity contribution >= 4 is 23.4 Å². The molecular formula is C11H14N2O4S. The minimum Gasteiger partial charge on any atom is -0.477 e. The third kappa shape index (κ3) is 3.43. The zero-order chi connectivity index (χ0) is 13.9. The minimum absolute atomic E-state index is 0.251. The second-order valence-corrected chi connectivity index (χ2v) is 5.57. The lowest BCUT2D eigenvalue weighted by molar-refractivity contribution is -0.385. The number of hydrogen-bond donors (Lipinski definition) is 1. The molecule has 0 aromatic carbocycles. The smallest absolute Gasteiger partial charge is 0.342 e. The van der Waals surface area contributed by atoms with Crippen LogP contribution in [-0.4, -0.2) is 26.2 Å². The first-order chi connectivity index (χ1) is 8.32. The molecule has 1 aromatic heterocycles. The SMILES string of the molecule is CC(C)C(C)Sc1cc(C(=O)O)c([N+](=O)[O-])cn1. The summed E-state index contributed by atoms with van der Waals surface area (Å²) < 4.78 is 0. The summed E-state index contributed by atoms with van der Waals surface area (Å²) in [6, 6.07) is 1.25. The molecule has 0 fully saturated rings. The molecule has 0 saturated carbocycles. The van der Waals surface area contributed by atoms with E-state index in [1.807, 2.05) is 20.8 Å². The molecule has 0 spiro atoms. The summed E-state index contributed by atoms with van der Waals surface area (Å²) in [5.41, 5.74) is -0.808. The zero-order valence-electron chi connectivity index (χ0n) is 10.3. The molecule has 1 heterocycles. The van der Waals surface area contributed by atoms with Crippen LogP contribution in [-0.2, 0) is 0 Å². The maximum atomic E-state index is 11.0. The highest BCUT2D eigenvalue weighted by Gasteiger charge is 2.22. The van der Waals surface area contributed by atoms with Crippen LogP contribution in [0, 0.1) is 16.0 Å². The maximum Gasteiger partial charge on any atom is 0.342 e. The van der Waals surface area contributed by atoms with Crippen LogP contribution >= 0.6 is 11.8 Å². The van der Waals surface area contributed by atoms with Crippen molar-refractivity contribution in [1.29, 1.82) is 0 Å². The Morgan fingerprint density at radius 1 is 1.50 bits per heavy atom. The van der Waals surface area contributed by atoms with Gasteiger partial charge in [0, 0.05) is 5.25 Å². The summed E-state index contributed by atoms with van der Waals surface area (Å²) in [5, 5.41) is 20.3. The molecule has 98 valence electrons. The molecule has 0 radical (unpaired) electrons. The predicted molar refractivity (Wildman–Crippen MR) is 68.0 cm³/mol.